The maximum atomic E-state index is 11.9. The molecule has 120 valence electrons. The molecule has 0 radical (unpaired) electrons. The molecule has 1 aliphatic rings. The van der Waals surface area contributed by atoms with Crippen LogP contribution < -0.4 is 10.9 Å². The molecule has 3 heterocycles. The number of hydrogen-bond donors (Lipinski definition) is 2. The largest absolute Gasteiger partial charge is 0.320 e. The molecule has 5 nitrogen and oxygen atoms in total. The van der Waals surface area contributed by atoms with Gasteiger partial charge in [0.05, 0.1) is 11.0 Å². The molecular formula is C16H23ClN4O. The molecule has 0 amide bonds. The van der Waals surface area contributed by atoms with E-state index in [-0.39, 0.29) is 18.0 Å². The summed E-state index contributed by atoms with van der Waals surface area (Å²) in [6.45, 7) is 8.34. The van der Waals surface area contributed by atoms with Crippen LogP contribution in [0.15, 0.2) is 23.1 Å². The predicted octanol–water partition coefficient (Wildman–Crippen LogP) is 1.87. The summed E-state index contributed by atoms with van der Waals surface area (Å²) >= 11 is 0. The SMILES string of the molecule is CCc1cc2ncc([C@@H](C)N3CCNCC3)cc2[nH]c1=O.Cl. The van der Waals surface area contributed by atoms with E-state index in [1.54, 1.807) is 0 Å². The average Bonchev–Trinajstić information content (AvgIpc) is 2.53. The van der Waals surface area contributed by atoms with Gasteiger partial charge in [0.15, 0.2) is 0 Å². The Balaban J connectivity index is 0.00000176. The standard InChI is InChI=1S/C16H22N4O.ClH/c1-3-12-8-14-15(19-16(12)21)9-13(10-18-14)11(2)20-6-4-17-5-7-20;/h8-11,17H,3-7H2,1-2H3,(H,19,21);1H/t11-;/m1./s1. The minimum absolute atomic E-state index is 0. The first kappa shape index (κ1) is 16.9. The minimum Gasteiger partial charge on any atom is -0.320 e. The number of halogens is 1. The lowest BCUT2D eigenvalue weighted by atomic mass is 10.1. The van der Waals surface area contributed by atoms with Crippen molar-refractivity contribution < 1.29 is 0 Å². The molecule has 2 N–H and O–H groups in total. The summed E-state index contributed by atoms with van der Waals surface area (Å²) in [5, 5.41) is 3.37. The summed E-state index contributed by atoms with van der Waals surface area (Å²) in [7, 11) is 0. The number of fused-ring (bicyclic) bond motifs is 1. The lowest BCUT2D eigenvalue weighted by Crippen LogP contribution is -2.44. The fraction of sp³-hybridized carbons (Fsp3) is 0.500. The van der Waals surface area contributed by atoms with Crippen molar-refractivity contribution >= 4 is 23.4 Å². The van der Waals surface area contributed by atoms with Gasteiger partial charge in [-0.25, -0.2) is 0 Å². The molecule has 0 aliphatic carbocycles. The molecule has 2 aromatic rings. The van der Waals surface area contributed by atoms with Crippen molar-refractivity contribution in [2.24, 2.45) is 0 Å². The Kier molecular flexibility index (Phi) is 5.56. The van der Waals surface area contributed by atoms with E-state index in [1.165, 1.54) is 0 Å². The van der Waals surface area contributed by atoms with Crippen LogP contribution in [0.4, 0.5) is 0 Å². The summed E-state index contributed by atoms with van der Waals surface area (Å²) < 4.78 is 0. The van der Waals surface area contributed by atoms with Crippen LogP contribution in [-0.2, 0) is 6.42 Å². The lowest BCUT2D eigenvalue weighted by molar-refractivity contribution is 0.185. The Bertz CT molecular complexity index is 694. The van der Waals surface area contributed by atoms with Crippen LogP contribution in [0.3, 0.4) is 0 Å². The van der Waals surface area contributed by atoms with Crippen molar-refractivity contribution in [1.82, 2.24) is 20.2 Å². The summed E-state index contributed by atoms with van der Waals surface area (Å²) in [6, 6.07) is 4.28. The maximum absolute atomic E-state index is 11.9. The first-order chi connectivity index (χ1) is 10.2. The highest BCUT2D eigenvalue weighted by atomic mass is 35.5. The molecule has 1 aliphatic heterocycles. The third-order valence-electron chi connectivity index (χ3n) is 4.35. The highest BCUT2D eigenvalue weighted by Gasteiger charge is 2.18. The van der Waals surface area contributed by atoms with Crippen LogP contribution in [0.1, 0.15) is 31.0 Å². The zero-order valence-corrected chi connectivity index (χ0v) is 13.9. The number of nitrogens with one attached hydrogen (secondary N) is 2. The maximum Gasteiger partial charge on any atom is 0.251 e. The molecule has 22 heavy (non-hydrogen) atoms. The van der Waals surface area contributed by atoms with Crippen LogP contribution in [0.5, 0.6) is 0 Å². The summed E-state index contributed by atoms with van der Waals surface area (Å²) in [5.74, 6) is 0. The van der Waals surface area contributed by atoms with Gasteiger partial charge in [0, 0.05) is 44.0 Å². The van der Waals surface area contributed by atoms with E-state index in [2.05, 4.69) is 33.2 Å². The van der Waals surface area contributed by atoms with Gasteiger partial charge in [-0.05, 0) is 31.0 Å². The molecule has 1 saturated heterocycles. The van der Waals surface area contributed by atoms with Crippen molar-refractivity contribution in [2.75, 3.05) is 26.2 Å². The fourth-order valence-corrected chi connectivity index (χ4v) is 2.91. The number of rotatable bonds is 3. The number of nitrogens with zero attached hydrogens (tertiary/aromatic N) is 2. The second-order valence-corrected chi connectivity index (χ2v) is 5.64. The Morgan fingerprint density at radius 3 is 2.73 bits per heavy atom. The molecule has 2 aromatic heterocycles. The molecular weight excluding hydrogens is 300 g/mol. The van der Waals surface area contributed by atoms with E-state index in [9.17, 15) is 4.79 Å². The first-order valence-corrected chi connectivity index (χ1v) is 7.65. The van der Waals surface area contributed by atoms with Gasteiger partial charge in [-0.15, -0.1) is 12.4 Å². The average molecular weight is 323 g/mol. The van der Waals surface area contributed by atoms with Gasteiger partial charge in [0.2, 0.25) is 0 Å². The highest BCUT2D eigenvalue weighted by Crippen LogP contribution is 2.22. The molecule has 0 unspecified atom stereocenters. The minimum atomic E-state index is -0.00113. The monoisotopic (exact) mass is 322 g/mol. The van der Waals surface area contributed by atoms with Crippen LogP contribution in [0.25, 0.3) is 11.0 Å². The van der Waals surface area contributed by atoms with Crippen molar-refractivity contribution in [2.45, 2.75) is 26.3 Å². The Hall–Kier alpha value is -1.43. The van der Waals surface area contributed by atoms with E-state index < -0.39 is 0 Å². The number of aryl methyl sites for hydroxylation is 1. The van der Waals surface area contributed by atoms with Gasteiger partial charge in [-0.2, -0.15) is 0 Å². The highest BCUT2D eigenvalue weighted by molar-refractivity contribution is 5.85. The first-order valence-electron chi connectivity index (χ1n) is 7.65. The summed E-state index contributed by atoms with van der Waals surface area (Å²) in [4.78, 5) is 21.9. The number of aromatic nitrogens is 2. The third kappa shape index (κ3) is 3.32. The van der Waals surface area contributed by atoms with Crippen LogP contribution in [0.2, 0.25) is 0 Å². The molecule has 0 aromatic carbocycles. The quantitative estimate of drug-likeness (QED) is 0.905. The molecule has 6 heteroatoms. The number of aromatic amines is 1. The molecule has 3 rings (SSSR count). The lowest BCUT2D eigenvalue weighted by Gasteiger charge is -2.32. The second kappa shape index (κ2) is 7.22. The summed E-state index contributed by atoms with van der Waals surface area (Å²) in [6.07, 6.45) is 2.67. The van der Waals surface area contributed by atoms with Crippen molar-refractivity contribution in [1.29, 1.82) is 0 Å². The zero-order chi connectivity index (χ0) is 14.8. The van der Waals surface area contributed by atoms with Crippen LogP contribution >= 0.6 is 12.4 Å². The predicted molar refractivity (Wildman–Crippen MR) is 91.8 cm³/mol. The Morgan fingerprint density at radius 2 is 2.05 bits per heavy atom. The second-order valence-electron chi connectivity index (χ2n) is 5.64. The van der Waals surface area contributed by atoms with Gasteiger partial charge in [-0.1, -0.05) is 6.92 Å². The van der Waals surface area contributed by atoms with E-state index in [0.29, 0.717) is 6.04 Å². The van der Waals surface area contributed by atoms with E-state index >= 15 is 0 Å². The topological polar surface area (TPSA) is 61.0 Å². The molecule has 1 fully saturated rings. The van der Waals surface area contributed by atoms with Gasteiger partial charge < -0.3 is 10.3 Å². The van der Waals surface area contributed by atoms with Gasteiger partial charge in [0.25, 0.3) is 5.56 Å². The van der Waals surface area contributed by atoms with Crippen molar-refractivity contribution in [3.63, 3.8) is 0 Å². The molecule has 0 spiro atoms. The zero-order valence-electron chi connectivity index (χ0n) is 13.1. The van der Waals surface area contributed by atoms with Gasteiger partial charge in [-0.3, -0.25) is 14.7 Å². The van der Waals surface area contributed by atoms with Crippen LogP contribution in [0, 0.1) is 0 Å². The number of pyridine rings is 2. The summed E-state index contributed by atoms with van der Waals surface area (Å²) in [5.41, 5.74) is 3.64. The van der Waals surface area contributed by atoms with Crippen molar-refractivity contribution in [3.8, 4) is 0 Å². The normalized spacial score (nSPS) is 17.2. The van der Waals surface area contributed by atoms with E-state index in [0.717, 1.165) is 54.8 Å². The van der Waals surface area contributed by atoms with E-state index in [4.69, 9.17) is 0 Å². The third-order valence-corrected chi connectivity index (χ3v) is 4.35. The Morgan fingerprint density at radius 1 is 1.32 bits per heavy atom. The fourth-order valence-electron chi connectivity index (χ4n) is 2.91. The number of H-pyrrole nitrogens is 1. The van der Waals surface area contributed by atoms with Crippen molar-refractivity contribution in [3.05, 3.63) is 39.8 Å². The molecule has 1 atom stereocenters. The number of hydrogen-bond acceptors (Lipinski definition) is 4. The number of piperazine rings is 1. The van der Waals surface area contributed by atoms with E-state index in [1.807, 2.05) is 19.2 Å². The van der Waals surface area contributed by atoms with Crippen LogP contribution in [-0.4, -0.2) is 41.0 Å². The molecule has 0 bridgehead atoms. The Labute approximate surface area is 136 Å². The molecule has 0 saturated carbocycles. The van der Waals surface area contributed by atoms with Gasteiger partial charge in [0.1, 0.15) is 0 Å². The van der Waals surface area contributed by atoms with Gasteiger partial charge >= 0.3 is 0 Å². The smallest absolute Gasteiger partial charge is 0.251 e.